The molecule has 108 valence electrons. The number of aromatic nitrogens is 2. The maximum absolute atomic E-state index is 6.13. The van der Waals surface area contributed by atoms with E-state index in [0.29, 0.717) is 37.2 Å². The summed E-state index contributed by atoms with van der Waals surface area (Å²) in [5.74, 6) is 0.704. The van der Waals surface area contributed by atoms with Crippen LogP contribution in [0.5, 0.6) is 0 Å². The van der Waals surface area contributed by atoms with Gasteiger partial charge >= 0.3 is 0 Å². The first-order valence-corrected chi connectivity index (χ1v) is 7.32. The molecule has 0 radical (unpaired) electrons. The van der Waals surface area contributed by atoms with E-state index in [9.17, 15) is 0 Å². The van der Waals surface area contributed by atoms with Crippen molar-refractivity contribution in [2.75, 3.05) is 26.9 Å². The lowest BCUT2D eigenvalue weighted by atomic mass is 9.92. The van der Waals surface area contributed by atoms with Crippen molar-refractivity contribution in [3.05, 3.63) is 21.1 Å². The summed E-state index contributed by atoms with van der Waals surface area (Å²) in [5.41, 5.74) is 0.830. The Morgan fingerprint density at radius 1 is 1.16 bits per heavy atom. The Bertz CT molecular complexity index is 422. The van der Waals surface area contributed by atoms with Gasteiger partial charge in [-0.2, -0.15) is 0 Å². The van der Waals surface area contributed by atoms with E-state index in [-0.39, 0.29) is 5.41 Å². The quantitative estimate of drug-likeness (QED) is 0.582. The normalized spacial score (nSPS) is 11.9. The zero-order chi connectivity index (χ0) is 14.5. The highest BCUT2D eigenvalue weighted by molar-refractivity contribution is 9.10. The minimum atomic E-state index is -0.0862. The molecule has 0 amide bonds. The molecular weight excluding hydrogens is 332 g/mol. The largest absolute Gasteiger partial charge is 0.382 e. The van der Waals surface area contributed by atoms with Crippen LogP contribution in [0.25, 0.3) is 0 Å². The molecule has 0 aliphatic carbocycles. The molecule has 1 rings (SSSR count). The van der Waals surface area contributed by atoms with Gasteiger partial charge in [-0.05, 0) is 15.9 Å². The number of ether oxygens (including phenoxy) is 2. The smallest absolute Gasteiger partial charge is 0.147 e. The molecule has 0 aliphatic heterocycles. The second kappa shape index (κ2) is 7.53. The van der Waals surface area contributed by atoms with Crippen LogP contribution in [-0.2, 0) is 21.3 Å². The van der Waals surface area contributed by atoms with Crippen LogP contribution in [0, 0.1) is 0 Å². The van der Waals surface area contributed by atoms with E-state index in [1.165, 1.54) is 0 Å². The van der Waals surface area contributed by atoms with E-state index in [1.54, 1.807) is 7.11 Å². The van der Waals surface area contributed by atoms with E-state index in [4.69, 9.17) is 21.1 Å². The van der Waals surface area contributed by atoms with E-state index in [0.717, 1.165) is 10.2 Å². The van der Waals surface area contributed by atoms with Crippen molar-refractivity contribution in [1.29, 1.82) is 0 Å². The summed E-state index contributed by atoms with van der Waals surface area (Å²) in [7, 11) is 1.65. The monoisotopic (exact) mass is 350 g/mol. The fourth-order valence-electron chi connectivity index (χ4n) is 1.48. The Morgan fingerprint density at radius 3 is 2.42 bits per heavy atom. The molecule has 0 N–H and O–H groups in total. The number of hydrogen-bond donors (Lipinski definition) is 0. The summed E-state index contributed by atoms with van der Waals surface area (Å²) < 4.78 is 11.1. The number of hydrogen-bond acceptors (Lipinski definition) is 4. The topological polar surface area (TPSA) is 44.2 Å². The third kappa shape index (κ3) is 5.34. The SMILES string of the molecule is COCCOCCc1nc(Cl)c(Br)c(C(C)(C)C)n1. The molecule has 0 saturated heterocycles. The molecule has 0 aliphatic rings. The van der Waals surface area contributed by atoms with Gasteiger partial charge in [-0.25, -0.2) is 9.97 Å². The highest BCUT2D eigenvalue weighted by Gasteiger charge is 2.22. The minimum Gasteiger partial charge on any atom is -0.382 e. The van der Waals surface area contributed by atoms with Crippen molar-refractivity contribution in [2.45, 2.75) is 32.6 Å². The lowest BCUT2D eigenvalue weighted by molar-refractivity contribution is 0.0716. The molecule has 0 bridgehead atoms. The zero-order valence-corrected chi connectivity index (χ0v) is 14.1. The van der Waals surface area contributed by atoms with Gasteiger partial charge in [-0.3, -0.25) is 0 Å². The van der Waals surface area contributed by atoms with Crippen LogP contribution in [0.3, 0.4) is 0 Å². The van der Waals surface area contributed by atoms with Crippen molar-refractivity contribution >= 4 is 27.5 Å². The first-order chi connectivity index (χ1) is 8.86. The molecule has 0 saturated carbocycles. The molecule has 0 spiro atoms. The molecule has 1 aromatic rings. The first kappa shape index (κ1) is 16.8. The van der Waals surface area contributed by atoms with Crippen molar-refractivity contribution in [3.8, 4) is 0 Å². The molecule has 1 heterocycles. The summed E-state index contributed by atoms with van der Waals surface area (Å²) >= 11 is 9.58. The molecule has 19 heavy (non-hydrogen) atoms. The van der Waals surface area contributed by atoms with Crippen LogP contribution >= 0.6 is 27.5 Å². The Kier molecular flexibility index (Phi) is 6.66. The third-order valence-corrected chi connectivity index (χ3v) is 3.72. The number of halogens is 2. The Labute approximate surface area is 128 Å². The zero-order valence-electron chi connectivity index (χ0n) is 11.8. The van der Waals surface area contributed by atoms with Crippen molar-refractivity contribution < 1.29 is 9.47 Å². The lowest BCUT2D eigenvalue weighted by Gasteiger charge is -2.20. The summed E-state index contributed by atoms with van der Waals surface area (Å²) in [4.78, 5) is 8.83. The number of rotatable bonds is 6. The maximum Gasteiger partial charge on any atom is 0.147 e. The van der Waals surface area contributed by atoms with Gasteiger partial charge in [0.25, 0.3) is 0 Å². The van der Waals surface area contributed by atoms with E-state index in [2.05, 4.69) is 46.7 Å². The fourth-order valence-corrected chi connectivity index (χ4v) is 2.44. The van der Waals surface area contributed by atoms with Gasteiger partial charge in [0.15, 0.2) is 0 Å². The fraction of sp³-hybridized carbons (Fsp3) is 0.692. The average molecular weight is 352 g/mol. The van der Waals surface area contributed by atoms with Crippen molar-refractivity contribution in [3.63, 3.8) is 0 Å². The minimum absolute atomic E-state index is 0.0862. The van der Waals surface area contributed by atoms with E-state index >= 15 is 0 Å². The highest BCUT2D eigenvalue weighted by atomic mass is 79.9. The summed E-state index contributed by atoms with van der Waals surface area (Å²) in [5, 5.41) is 0.451. The van der Waals surface area contributed by atoms with Crippen LogP contribution in [-0.4, -0.2) is 36.9 Å². The van der Waals surface area contributed by atoms with Crippen LogP contribution in [0.4, 0.5) is 0 Å². The van der Waals surface area contributed by atoms with Crippen LogP contribution in [0.15, 0.2) is 4.47 Å². The van der Waals surface area contributed by atoms with E-state index < -0.39 is 0 Å². The standard InChI is InChI=1S/C13H20BrClN2O2/c1-13(2,3)11-10(14)12(15)17-9(16-11)5-6-19-8-7-18-4/h5-8H2,1-4H3. The summed E-state index contributed by atoms with van der Waals surface area (Å²) in [6, 6.07) is 0. The first-order valence-electron chi connectivity index (χ1n) is 6.15. The number of nitrogens with zero attached hydrogens (tertiary/aromatic N) is 2. The second-order valence-corrected chi connectivity index (χ2v) is 6.35. The van der Waals surface area contributed by atoms with Gasteiger partial charge in [0.1, 0.15) is 11.0 Å². The maximum atomic E-state index is 6.13. The van der Waals surface area contributed by atoms with Crippen LogP contribution in [0.2, 0.25) is 5.15 Å². The molecule has 0 unspecified atom stereocenters. The van der Waals surface area contributed by atoms with Gasteiger partial charge in [0, 0.05) is 18.9 Å². The molecule has 0 fully saturated rings. The molecule has 0 atom stereocenters. The Hall–Kier alpha value is -0.230. The summed E-state index contributed by atoms with van der Waals surface area (Å²) in [6.45, 7) is 8.01. The predicted molar refractivity (Wildman–Crippen MR) is 79.8 cm³/mol. The third-order valence-electron chi connectivity index (χ3n) is 2.47. The van der Waals surface area contributed by atoms with Gasteiger partial charge in [-0.15, -0.1) is 0 Å². The van der Waals surface area contributed by atoms with E-state index in [1.807, 2.05) is 0 Å². The van der Waals surface area contributed by atoms with Crippen LogP contribution < -0.4 is 0 Å². The van der Waals surface area contributed by atoms with Crippen LogP contribution in [0.1, 0.15) is 32.3 Å². The Balaban J connectivity index is 2.72. The molecule has 0 aromatic carbocycles. The van der Waals surface area contributed by atoms with Gasteiger partial charge in [0.05, 0.1) is 30.0 Å². The molecule has 1 aromatic heterocycles. The second-order valence-electron chi connectivity index (χ2n) is 5.20. The molecule has 4 nitrogen and oxygen atoms in total. The Morgan fingerprint density at radius 2 is 1.84 bits per heavy atom. The average Bonchev–Trinajstić information content (AvgIpc) is 2.31. The van der Waals surface area contributed by atoms with Gasteiger partial charge in [-0.1, -0.05) is 32.4 Å². The summed E-state index contributed by atoms with van der Waals surface area (Å²) in [6.07, 6.45) is 0.639. The number of methoxy groups -OCH3 is 1. The molecular formula is C13H20BrClN2O2. The predicted octanol–water partition coefficient (Wildman–Crippen LogP) is 3.40. The highest BCUT2D eigenvalue weighted by Crippen LogP contribution is 2.32. The molecule has 6 heteroatoms. The van der Waals surface area contributed by atoms with Gasteiger partial charge < -0.3 is 9.47 Å². The lowest BCUT2D eigenvalue weighted by Crippen LogP contribution is -2.17. The van der Waals surface area contributed by atoms with Crippen molar-refractivity contribution in [1.82, 2.24) is 9.97 Å². The van der Waals surface area contributed by atoms with Crippen molar-refractivity contribution in [2.24, 2.45) is 0 Å². The van der Waals surface area contributed by atoms with Gasteiger partial charge in [0.2, 0.25) is 0 Å².